The molecule has 1 rings (SSSR count). The number of hydrogen-bond acceptors (Lipinski definition) is 3. The molecule has 0 amide bonds. The largest absolute Gasteiger partial charge is 0.381 e. The lowest BCUT2D eigenvalue weighted by Crippen LogP contribution is -2.42. The van der Waals surface area contributed by atoms with Gasteiger partial charge in [-0.05, 0) is 26.2 Å². The molecule has 1 heterocycles. The van der Waals surface area contributed by atoms with Crippen LogP contribution < -0.4 is 4.72 Å². The van der Waals surface area contributed by atoms with Gasteiger partial charge in [-0.15, -0.1) is 0 Å². The second-order valence-corrected chi connectivity index (χ2v) is 6.64. The van der Waals surface area contributed by atoms with Crippen LogP contribution >= 0.6 is 15.9 Å². The quantitative estimate of drug-likeness (QED) is 0.778. The molecule has 1 saturated heterocycles. The maximum Gasteiger partial charge on any atom is 0.214 e. The van der Waals surface area contributed by atoms with Crippen LogP contribution in [0, 0.1) is 0 Å². The molecule has 6 heteroatoms. The van der Waals surface area contributed by atoms with Gasteiger partial charge in [0.1, 0.15) is 0 Å². The van der Waals surface area contributed by atoms with Crippen LogP contribution in [0.2, 0.25) is 0 Å². The summed E-state index contributed by atoms with van der Waals surface area (Å²) in [7, 11) is -3.16. The highest BCUT2D eigenvalue weighted by Crippen LogP contribution is 2.15. The third-order valence-corrected chi connectivity index (χ3v) is 5.05. The molecule has 0 spiro atoms. The number of ether oxygens (including phenoxy) is 1. The van der Waals surface area contributed by atoms with Gasteiger partial charge in [0.25, 0.3) is 0 Å². The molecule has 1 atom stereocenters. The molecule has 0 bridgehead atoms. The Bertz CT molecular complexity index is 275. The molecular formula is C9H18BrNO3S. The first-order valence-electron chi connectivity index (χ1n) is 5.21. The third kappa shape index (κ3) is 4.38. The Kier molecular flexibility index (Phi) is 5.52. The van der Waals surface area contributed by atoms with Gasteiger partial charge in [0.2, 0.25) is 10.0 Å². The average Bonchev–Trinajstić information content (AvgIpc) is 2.18. The van der Waals surface area contributed by atoms with Crippen LogP contribution in [0.3, 0.4) is 0 Å². The lowest BCUT2D eigenvalue weighted by molar-refractivity contribution is 0.0981. The second kappa shape index (κ2) is 6.18. The standard InChI is InChI=1S/C9H18BrNO3S/c1-8(2-5-10)11-15(12,13)9-3-6-14-7-4-9/h8-9,11H,2-7H2,1H3. The van der Waals surface area contributed by atoms with Crippen molar-refractivity contribution in [2.24, 2.45) is 0 Å². The van der Waals surface area contributed by atoms with Crippen LogP contribution in [0.15, 0.2) is 0 Å². The van der Waals surface area contributed by atoms with Crippen LogP contribution in [0.5, 0.6) is 0 Å². The van der Waals surface area contributed by atoms with E-state index in [1.165, 1.54) is 0 Å². The lowest BCUT2D eigenvalue weighted by atomic mass is 10.2. The highest BCUT2D eigenvalue weighted by atomic mass is 79.9. The third-order valence-electron chi connectivity index (χ3n) is 2.51. The van der Waals surface area contributed by atoms with Crippen molar-refractivity contribution < 1.29 is 13.2 Å². The van der Waals surface area contributed by atoms with E-state index < -0.39 is 10.0 Å². The predicted octanol–water partition coefficient (Wildman–Crippen LogP) is 1.26. The molecule has 15 heavy (non-hydrogen) atoms. The van der Waals surface area contributed by atoms with E-state index in [-0.39, 0.29) is 11.3 Å². The minimum absolute atomic E-state index is 0.00257. The molecule has 1 unspecified atom stereocenters. The van der Waals surface area contributed by atoms with Gasteiger partial charge >= 0.3 is 0 Å². The molecule has 90 valence electrons. The van der Waals surface area contributed by atoms with Gasteiger partial charge in [-0.3, -0.25) is 0 Å². The zero-order chi connectivity index (χ0) is 11.3. The van der Waals surface area contributed by atoms with Gasteiger partial charge in [0.15, 0.2) is 0 Å². The van der Waals surface area contributed by atoms with Crippen LogP contribution in [0.4, 0.5) is 0 Å². The fraction of sp³-hybridized carbons (Fsp3) is 1.00. The molecule has 0 saturated carbocycles. The van der Waals surface area contributed by atoms with E-state index in [4.69, 9.17) is 4.74 Å². The summed E-state index contributed by atoms with van der Waals surface area (Å²) < 4.78 is 31.6. The zero-order valence-electron chi connectivity index (χ0n) is 8.91. The Morgan fingerprint density at radius 3 is 2.60 bits per heavy atom. The average molecular weight is 300 g/mol. The summed E-state index contributed by atoms with van der Waals surface area (Å²) in [4.78, 5) is 0. The zero-order valence-corrected chi connectivity index (χ0v) is 11.3. The molecule has 0 radical (unpaired) electrons. The van der Waals surface area contributed by atoms with E-state index in [1.54, 1.807) is 0 Å². The minimum Gasteiger partial charge on any atom is -0.381 e. The van der Waals surface area contributed by atoms with Gasteiger partial charge in [0, 0.05) is 24.6 Å². The maximum absolute atomic E-state index is 11.9. The molecule has 0 aliphatic carbocycles. The van der Waals surface area contributed by atoms with E-state index >= 15 is 0 Å². The number of rotatable bonds is 5. The minimum atomic E-state index is -3.16. The molecule has 0 aromatic heterocycles. The van der Waals surface area contributed by atoms with Crippen LogP contribution in [-0.2, 0) is 14.8 Å². The van der Waals surface area contributed by atoms with Crippen molar-refractivity contribution in [3.8, 4) is 0 Å². The van der Waals surface area contributed by atoms with Crippen LogP contribution in [0.1, 0.15) is 26.2 Å². The SMILES string of the molecule is CC(CCBr)NS(=O)(=O)C1CCOCC1. The summed E-state index contributed by atoms with van der Waals surface area (Å²) in [6.45, 7) is 2.99. The fourth-order valence-corrected chi connectivity index (χ4v) is 3.96. The Morgan fingerprint density at radius 1 is 1.47 bits per heavy atom. The maximum atomic E-state index is 11.9. The van der Waals surface area contributed by atoms with Crippen molar-refractivity contribution in [1.82, 2.24) is 4.72 Å². The Hall–Kier alpha value is 0.350. The Balaban J connectivity index is 2.49. The molecule has 0 aromatic carbocycles. The topological polar surface area (TPSA) is 55.4 Å². The van der Waals surface area contributed by atoms with Crippen molar-refractivity contribution in [3.05, 3.63) is 0 Å². The van der Waals surface area contributed by atoms with Gasteiger partial charge in [-0.2, -0.15) is 0 Å². The number of nitrogens with one attached hydrogen (secondary N) is 1. The highest BCUT2D eigenvalue weighted by Gasteiger charge is 2.28. The number of halogens is 1. The molecular weight excluding hydrogens is 282 g/mol. The van der Waals surface area contributed by atoms with Crippen molar-refractivity contribution in [2.45, 2.75) is 37.5 Å². The summed E-state index contributed by atoms with van der Waals surface area (Å²) in [5, 5.41) is 0.536. The molecule has 1 fully saturated rings. The van der Waals surface area contributed by atoms with Crippen molar-refractivity contribution in [1.29, 1.82) is 0 Å². The van der Waals surface area contributed by atoms with E-state index in [2.05, 4.69) is 20.7 Å². The van der Waals surface area contributed by atoms with Crippen molar-refractivity contribution in [3.63, 3.8) is 0 Å². The first kappa shape index (κ1) is 13.4. The van der Waals surface area contributed by atoms with Gasteiger partial charge < -0.3 is 4.74 Å². The number of alkyl halides is 1. The fourth-order valence-electron chi connectivity index (χ4n) is 1.59. The van der Waals surface area contributed by atoms with Gasteiger partial charge in [-0.25, -0.2) is 13.1 Å². The normalized spacial score (nSPS) is 21.5. The number of sulfonamides is 1. The van der Waals surface area contributed by atoms with E-state index in [9.17, 15) is 8.42 Å². The monoisotopic (exact) mass is 299 g/mol. The molecule has 1 aliphatic rings. The van der Waals surface area contributed by atoms with E-state index in [0.29, 0.717) is 26.1 Å². The summed E-state index contributed by atoms with van der Waals surface area (Å²) in [6, 6.07) is -0.00257. The first-order chi connectivity index (χ1) is 7.06. The van der Waals surface area contributed by atoms with Gasteiger partial charge in [0.05, 0.1) is 5.25 Å². The first-order valence-corrected chi connectivity index (χ1v) is 7.88. The van der Waals surface area contributed by atoms with Crippen molar-refractivity contribution >= 4 is 26.0 Å². The summed E-state index contributed by atoms with van der Waals surface area (Å²) >= 11 is 3.30. The smallest absolute Gasteiger partial charge is 0.214 e. The van der Waals surface area contributed by atoms with E-state index in [0.717, 1.165) is 11.8 Å². The second-order valence-electron chi connectivity index (χ2n) is 3.85. The molecule has 1 aliphatic heterocycles. The van der Waals surface area contributed by atoms with E-state index in [1.807, 2.05) is 6.92 Å². The number of hydrogen-bond donors (Lipinski definition) is 1. The summed E-state index contributed by atoms with van der Waals surface area (Å²) in [5.41, 5.74) is 0. The molecule has 1 N–H and O–H groups in total. The molecule has 4 nitrogen and oxygen atoms in total. The van der Waals surface area contributed by atoms with Gasteiger partial charge in [-0.1, -0.05) is 15.9 Å². The molecule has 0 aromatic rings. The Morgan fingerprint density at radius 2 is 2.07 bits per heavy atom. The van der Waals surface area contributed by atoms with Crippen LogP contribution in [-0.4, -0.2) is 38.3 Å². The summed E-state index contributed by atoms with van der Waals surface area (Å²) in [6.07, 6.45) is 2.02. The van der Waals surface area contributed by atoms with Crippen molar-refractivity contribution in [2.75, 3.05) is 18.5 Å². The summed E-state index contributed by atoms with van der Waals surface area (Å²) in [5.74, 6) is 0. The predicted molar refractivity (Wildman–Crippen MR) is 63.8 cm³/mol. The van der Waals surface area contributed by atoms with Crippen LogP contribution in [0.25, 0.3) is 0 Å². The highest BCUT2D eigenvalue weighted by molar-refractivity contribution is 9.09. The Labute approximate surface area is 99.9 Å². The lowest BCUT2D eigenvalue weighted by Gasteiger charge is -2.24.